The van der Waals surface area contributed by atoms with Gasteiger partial charge in [0.1, 0.15) is 12.1 Å². The number of hydrogen-bond acceptors (Lipinski definition) is 5. The number of aromatic nitrogens is 5. The van der Waals surface area contributed by atoms with Gasteiger partial charge in [-0.15, -0.1) is 5.10 Å². The molecule has 4 aromatic rings. The molecule has 0 aliphatic rings. The normalized spacial score (nSPS) is 10.8. The number of ether oxygens (including phenoxy) is 1. The lowest BCUT2D eigenvalue weighted by Gasteiger charge is -2.09. The van der Waals surface area contributed by atoms with Gasteiger partial charge in [0.2, 0.25) is 5.95 Å². The molecule has 2 aromatic heterocycles. The Balaban J connectivity index is 1.36. The van der Waals surface area contributed by atoms with Crippen LogP contribution in [0.1, 0.15) is 16.1 Å². The minimum atomic E-state index is -0.502. The average molecular weight is 461 g/mol. The van der Waals surface area contributed by atoms with Crippen molar-refractivity contribution in [1.82, 2.24) is 24.5 Å². The zero-order valence-electron chi connectivity index (χ0n) is 15.9. The molecule has 2 aromatic carbocycles. The van der Waals surface area contributed by atoms with Crippen LogP contribution in [0.15, 0.2) is 61.1 Å². The molecule has 0 aliphatic heterocycles. The summed E-state index contributed by atoms with van der Waals surface area (Å²) < 4.78 is 22.2. The Labute approximate surface area is 186 Å². The van der Waals surface area contributed by atoms with E-state index in [2.05, 4.69) is 20.5 Å². The van der Waals surface area contributed by atoms with Gasteiger partial charge in [0, 0.05) is 11.8 Å². The lowest BCUT2D eigenvalue weighted by atomic mass is 10.2. The van der Waals surface area contributed by atoms with Gasteiger partial charge in [-0.1, -0.05) is 47.5 Å². The fourth-order valence-electron chi connectivity index (χ4n) is 2.70. The Bertz CT molecular complexity index is 1210. The van der Waals surface area contributed by atoms with Crippen LogP contribution >= 0.6 is 23.2 Å². The molecule has 0 bridgehead atoms. The topological polar surface area (TPSA) is 86.9 Å². The first-order valence-electron chi connectivity index (χ1n) is 9.04. The van der Waals surface area contributed by atoms with Crippen molar-refractivity contribution < 1.29 is 13.9 Å². The molecule has 2 heterocycles. The molecular formula is C20H15Cl2FN6O2. The summed E-state index contributed by atoms with van der Waals surface area (Å²) in [5.41, 5.74) is 0.599. The minimum absolute atomic E-state index is 0.00620. The van der Waals surface area contributed by atoms with Crippen LogP contribution in [-0.4, -0.2) is 30.5 Å². The Hall–Kier alpha value is -3.43. The van der Waals surface area contributed by atoms with Crippen molar-refractivity contribution in [2.24, 2.45) is 0 Å². The SMILES string of the molecule is O=C(Nc1ncn(Cc2ccccc2F)n1)c1ccn(COc2c(Cl)cccc2Cl)n1. The number of para-hydroxylation sites is 1. The molecule has 0 aliphatic carbocycles. The first kappa shape index (κ1) is 20.8. The lowest BCUT2D eigenvalue weighted by molar-refractivity contribution is 0.101. The van der Waals surface area contributed by atoms with Crippen molar-refractivity contribution in [2.45, 2.75) is 13.3 Å². The molecule has 0 spiro atoms. The van der Waals surface area contributed by atoms with Crippen LogP contribution in [0.4, 0.5) is 10.3 Å². The molecule has 0 unspecified atom stereocenters. The summed E-state index contributed by atoms with van der Waals surface area (Å²) in [6.07, 6.45) is 2.98. The van der Waals surface area contributed by atoms with Crippen molar-refractivity contribution in [2.75, 3.05) is 5.32 Å². The van der Waals surface area contributed by atoms with Gasteiger partial charge < -0.3 is 4.74 Å². The summed E-state index contributed by atoms with van der Waals surface area (Å²) in [7, 11) is 0. The van der Waals surface area contributed by atoms with Crippen LogP contribution in [0.5, 0.6) is 5.75 Å². The van der Waals surface area contributed by atoms with Crippen molar-refractivity contribution in [3.8, 4) is 5.75 Å². The van der Waals surface area contributed by atoms with Gasteiger partial charge in [-0.25, -0.2) is 18.7 Å². The predicted molar refractivity (Wildman–Crippen MR) is 113 cm³/mol. The molecule has 11 heteroatoms. The molecule has 0 radical (unpaired) electrons. The third-order valence-electron chi connectivity index (χ3n) is 4.19. The smallest absolute Gasteiger partial charge is 0.278 e. The van der Waals surface area contributed by atoms with E-state index >= 15 is 0 Å². The van der Waals surface area contributed by atoms with E-state index in [4.69, 9.17) is 27.9 Å². The van der Waals surface area contributed by atoms with Gasteiger partial charge in [-0.05, 0) is 24.3 Å². The van der Waals surface area contributed by atoms with Crippen LogP contribution in [0.3, 0.4) is 0 Å². The number of hydrogen-bond donors (Lipinski definition) is 1. The second-order valence-corrected chi connectivity index (χ2v) is 7.19. The Morgan fingerprint density at radius 2 is 1.81 bits per heavy atom. The van der Waals surface area contributed by atoms with Crippen LogP contribution in [0.2, 0.25) is 10.0 Å². The first-order valence-corrected chi connectivity index (χ1v) is 9.79. The number of carbonyl (C=O) groups excluding carboxylic acids is 1. The number of benzene rings is 2. The third kappa shape index (κ3) is 5.01. The summed E-state index contributed by atoms with van der Waals surface area (Å²) in [5, 5.41) is 11.6. The van der Waals surface area contributed by atoms with Gasteiger partial charge in [0.15, 0.2) is 18.2 Å². The number of amides is 1. The number of carbonyl (C=O) groups is 1. The fourth-order valence-corrected chi connectivity index (χ4v) is 3.21. The summed E-state index contributed by atoms with van der Waals surface area (Å²) in [6, 6.07) is 12.9. The molecule has 1 amide bonds. The second-order valence-electron chi connectivity index (χ2n) is 6.38. The van der Waals surface area contributed by atoms with Crippen LogP contribution < -0.4 is 10.1 Å². The first-order chi connectivity index (χ1) is 15.0. The Kier molecular flexibility index (Phi) is 6.15. The van der Waals surface area contributed by atoms with E-state index in [0.29, 0.717) is 21.4 Å². The van der Waals surface area contributed by atoms with Crippen molar-refractivity contribution in [3.63, 3.8) is 0 Å². The van der Waals surface area contributed by atoms with E-state index in [-0.39, 0.29) is 30.7 Å². The van der Waals surface area contributed by atoms with E-state index in [9.17, 15) is 9.18 Å². The van der Waals surface area contributed by atoms with Gasteiger partial charge in [0.05, 0.1) is 16.6 Å². The number of anilines is 1. The van der Waals surface area contributed by atoms with E-state index < -0.39 is 5.91 Å². The highest BCUT2D eigenvalue weighted by Gasteiger charge is 2.14. The maximum Gasteiger partial charge on any atom is 0.278 e. The molecule has 1 N–H and O–H groups in total. The highest BCUT2D eigenvalue weighted by atomic mass is 35.5. The zero-order valence-corrected chi connectivity index (χ0v) is 17.4. The van der Waals surface area contributed by atoms with Crippen LogP contribution in [0.25, 0.3) is 0 Å². The third-order valence-corrected chi connectivity index (χ3v) is 4.78. The molecule has 0 saturated heterocycles. The molecular weight excluding hydrogens is 446 g/mol. The highest BCUT2D eigenvalue weighted by molar-refractivity contribution is 6.37. The molecule has 0 atom stereocenters. The largest absolute Gasteiger partial charge is 0.468 e. The summed E-state index contributed by atoms with van der Waals surface area (Å²) in [5.74, 6) is -0.431. The van der Waals surface area contributed by atoms with Crippen LogP contribution in [0, 0.1) is 5.82 Å². The summed E-state index contributed by atoms with van der Waals surface area (Å²) in [6.45, 7) is 0.193. The maximum absolute atomic E-state index is 13.8. The van der Waals surface area contributed by atoms with E-state index in [1.54, 1.807) is 42.6 Å². The minimum Gasteiger partial charge on any atom is -0.468 e. The lowest BCUT2D eigenvalue weighted by Crippen LogP contribution is -2.15. The number of nitrogens with one attached hydrogen (secondary N) is 1. The Morgan fingerprint density at radius 3 is 2.58 bits per heavy atom. The fraction of sp³-hybridized carbons (Fsp3) is 0.100. The standard InChI is InChI=1S/C20H15Cl2FN6O2/c21-14-5-3-6-15(22)18(14)31-12-28-9-8-17(26-28)19(30)25-20-24-11-29(27-20)10-13-4-1-2-7-16(13)23/h1-9,11H,10,12H2,(H,25,27,30). The van der Waals surface area contributed by atoms with Gasteiger partial charge in [-0.3, -0.25) is 10.1 Å². The molecule has 0 fully saturated rings. The quantitative estimate of drug-likeness (QED) is 0.445. The van der Waals surface area contributed by atoms with Gasteiger partial charge in [0.25, 0.3) is 5.91 Å². The van der Waals surface area contributed by atoms with Crippen LogP contribution in [-0.2, 0) is 13.3 Å². The van der Waals surface area contributed by atoms with Gasteiger partial charge >= 0.3 is 0 Å². The summed E-state index contributed by atoms with van der Waals surface area (Å²) in [4.78, 5) is 16.4. The van der Waals surface area contributed by atoms with E-state index in [1.165, 1.54) is 27.8 Å². The summed E-state index contributed by atoms with van der Waals surface area (Å²) >= 11 is 12.1. The maximum atomic E-state index is 13.8. The number of rotatable bonds is 7. The second kappa shape index (κ2) is 9.15. The predicted octanol–water partition coefficient (Wildman–Crippen LogP) is 4.26. The van der Waals surface area contributed by atoms with Crippen molar-refractivity contribution in [3.05, 3.63) is 88.2 Å². The number of nitrogens with zero attached hydrogens (tertiary/aromatic N) is 5. The van der Waals surface area contributed by atoms with Gasteiger partial charge in [-0.2, -0.15) is 5.10 Å². The average Bonchev–Trinajstić information content (AvgIpc) is 3.39. The van der Waals surface area contributed by atoms with Crippen molar-refractivity contribution in [1.29, 1.82) is 0 Å². The van der Waals surface area contributed by atoms with E-state index in [1.807, 2.05) is 0 Å². The van der Waals surface area contributed by atoms with E-state index in [0.717, 1.165) is 0 Å². The molecule has 8 nitrogen and oxygen atoms in total. The number of halogens is 3. The molecule has 4 rings (SSSR count). The monoisotopic (exact) mass is 460 g/mol. The molecule has 31 heavy (non-hydrogen) atoms. The Morgan fingerprint density at radius 1 is 1.03 bits per heavy atom. The molecule has 0 saturated carbocycles. The highest BCUT2D eigenvalue weighted by Crippen LogP contribution is 2.32. The zero-order chi connectivity index (χ0) is 21.8. The molecule has 158 valence electrons. The van der Waals surface area contributed by atoms with Crippen molar-refractivity contribution >= 4 is 35.1 Å².